The third-order valence-electron chi connectivity index (χ3n) is 9.29. The highest BCUT2D eigenvalue weighted by Crippen LogP contribution is 2.36. The molecule has 0 bridgehead atoms. The average Bonchev–Trinajstić information content (AvgIpc) is 3.80. The van der Waals surface area contributed by atoms with Crippen LogP contribution in [-0.2, 0) is 23.1 Å². The molecule has 0 spiro atoms. The molecule has 62 heavy (non-hydrogen) atoms. The fourth-order valence-corrected chi connectivity index (χ4v) is 9.38. The average molecular weight is 877 g/mol. The van der Waals surface area contributed by atoms with Crippen molar-refractivity contribution >= 4 is 66.4 Å². The predicted molar refractivity (Wildman–Crippen MR) is 249 cm³/mol. The number of sulfonamides is 1. The van der Waals surface area contributed by atoms with E-state index in [0.29, 0.717) is 35.4 Å². The number of anilines is 2. The molecule has 0 saturated carbocycles. The summed E-state index contributed by atoms with van der Waals surface area (Å²) in [6, 6.07) is 43.8. The van der Waals surface area contributed by atoms with E-state index in [1.807, 2.05) is 115 Å². The van der Waals surface area contributed by atoms with Gasteiger partial charge in [0.05, 0.1) is 57.4 Å². The molecule has 0 radical (unpaired) electrons. The first-order valence-corrected chi connectivity index (χ1v) is 22.3. The van der Waals surface area contributed by atoms with Gasteiger partial charge in [0.15, 0.2) is 5.82 Å². The Labute approximate surface area is 368 Å². The predicted octanol–water partition coefficient (Wildman–Crippen LogP) is 10.5. The van der Waals surface area contributed by atoms with Gasteiger partial charge >= 0.3 is 0 Å². The van der Waals surface area contributed by atoms with Gasteiger partial charge in [-0.2, -0.15) is 0 Å². The van der Waals surface area contributed by atoms with Crippen LogP contribution in [0.1, 0.15) is 32.2 Å². The summed E-state index contributed by atoms with van der Waals surface area (Å²) in [5, 5.41) is 8.84. The molecule has 0 atom stereocenters. The fourth-order valence-electron chi connectivity index (χ4n) is 6.71. The Morgan fingerprint density at radius 2 is 1.10 bits per heavy atom. The SMILES string of the molecule is CC(C)(C)NS(=O)(=O)c1ncc(-c2nc(NCc3ccccn3)c3c(-c4ccccc4)cccc3n2)s1.Clc1nc(NCc2ccccn2)c2c(-c3ccccc3)cccc2n1. The number of fused-ring (bicyclic) bond motifs is 2. The second-order valence-electron chi connectivity index (χ2n) is 15.1. The van der Waals surface area contributed by atoms with Crippen LogP contribution in [0.5, 0.6) is 0 Å². The van der Waals surface area contributed by atoms with Crippen LogP contribution in [0.2, 0.25) is 5.28 Å². The zero-order valence-electron chi connectivity index (χ0n) is 34.0. The van der Waals surface area contributed by atoms with Gasteiger partial charge in [-0.1, -0.05) is 108 Å². The van der Waals surface area contributed by atoms with Crippen LogP contribution in [0.4, 0.5) is 11.6 Å². The van der Waals surface area contributed by atoms with E-state index in [1.54, 1.807) is 33.2 Å². The Bertz CT molecular complexity index is 3060. The van der Waals surface area contributed by atoms with Crippen molar-refractivity contribution in [2.24, 2.45) is 0 Å². The maximum absolute atomic E-state index is 12.8. The van der Waals surface area contributed by atoms with Crippen molar-refractivity contribution in [2.45, 2.75) is 43.7 Å². The number of halogens is 1. The molecule has 0 fully saturated rings. The first-order chi connectivity index (χ1) is 30.0. The van der Waals surface area contributed by atoms with Gasteiger partial charge in [0.1, 0.15) is 11.6 Å². The van der Waals surface area contributed by atoms with E-state index in [-0.39, 0.29) is 9.62 Å². The quantitative estimate of drug-likeness (QED) is 0.106. The zero-order chi connectivity index (χ0) is 43.1. The molecule has 12 nitrogen and oxygen atoms in total. The molecule has 3 N–H and O–H groups in total. The van der Waals surface area contributed by atoms with Gasteiger partial charge in [-0.25, -0.2) is 38.1 Å². The van der Waals surface area contributed by atoms with E-state index < -0.39 is 15.6 Å². The number of hydrogen-bond acceptors (Lipinski definition) is 12. The van der Waals surface area contributed by atoms with E-state index in [0.717, 1.165) is 66.8 Å². The summed E-state index contributed by atoms with van der Waals surface area (Å²) in [5.74, 6) is 1.74. The molecule has 4 aromatic carbocycles. The first-order valence-electron chi connectivity index (χ1n) is 19.7. The summed E-state index contributed by atoms with van der Waals surface area (Å²) < 4.78 is 28.2. The normalized spacial score (nSPS) is 11.5. The number of thiazole rings is 1. The Morgan fingerprint density at radius 3 is 1.61 bits per heavy atom. The van der Waals surface area contributed by atoms with Crippen molar-refractivity contribution in [1.82, 2.24) is 39.6 Å². The number of hydrogen-bond donors (Lipinski definition) is 3. The van der Waals surface area contributed by atoms with E-state index in [4.69, 9.17) is 21.6 Å². The largest absolute Gasteiger partial charge is 0.364 e. The maximum atomic E-state index is 12.8. The van der Waals surface area contributed by atoms with Crippen molar-refractivity contribution in [3.8, 4) is 33.0 Å². The zero-order valence-corrected chi connectivity index (χ0v) is 36.4. The van der Waals surface area contributed by atoms with Gasteiger partial charge < -0.3 is 10.6 Å². The van der Waals surface area contributed by atoms with E-state index in [2.05, 4.69) is 58.5 Å². The second-order valence-corrected chi connectivity index (χ2v) is 18.3. The standard InChI is InChI=1S/C27H26N6O2S2.C20H15ClN4/c1-27(2,3)33-37(34,35)26-30-17-22(36-26)24-31-21-14-9-13-20(18-10-5-4-6-11-18)23(21)25(32-24)29-16-19-12-7-8-15-28-19;21-20-24-17-11-6-10-16(14-7-2-1-3-8-14)18(17)19(25-20)23-13-15-9-4-5-12-22-15/h4-15,17,33H,16H2,1-3H3,(H,29,31,32);1-12H,13H2,(H,23,24,25). The van der Waals surface area contributed by atoms with Crippen LogP contribution in [0.25, 0.3) is 54.8 Å². The van der Waals surface area contributed by atoms with Crippen molar-refractivity contribution in [3.05, 3.63) is 169 Å². The third kappa shape index (κ3) is 10.1. The Balaban J connectivity index is 0.000000184. The van der Waals surface area contributed by atoms with Gasteiger partial charge in [0, 0.05) is 17.9 Å². The first kappa shape index (κ1) is 42.0. The minimum atomic E-state index is -3.77. The Hall–Kier alpha value is -6.71. The Morgan fingerprint density at radius 1 is 0.581 bits per heavy atom. The molecule has 0 aliphatic heterocycles. The van der Waals surface area contributed by atoms with Gasteiger partial charge in [0.2, 0.25) is 9.62 Å². The van der Waals surface area contributed by atoms with Crippen LogP contribution in [0.3, 0.4) is 0 Å². The van der Waals surface area contributed by atoms with Crippen molar-refractivity contribution in [3.63, 3.8) is 0 Å². The lowest BCUT2D eigenvalue weighted by Crippen LogP contribution is -2.40. The maximum Gasteiger partial charge on any atom is 0.268 e. The van der Waals surface area contributed by atoms with Crippen LogP contribution < -0.4 is 15.4 Å². The van der Waals surface area contributed by atoms with Crippen molar-refractivity contribution in [2.75, 3.05) is 10.6 Å². The second kappa shape index (κ2) is 18.5. The number of aromatic nitrogens is 7. The molecule has 310 valence electrons. The molecule has 15 heteroatoms. The van der Waals surface area contributed by atoms with Crippen LogP contribution >= 0.6 is 22.9 Å². The number of nitrogens with zero attached hydrogens (tertiary/aromatic N) is 7. The molecule has 0 saturated heterocycles. The molecule has 0 aliphatic carbocycles. The highest BCUT2D eigenvalue weighted by molar-refractivity contribution is 7.91. The minimum Gasteiger partial charge on any atom is -0.364 e. The summed E-state index contributed by atoms with van der Waals surface area (Å²) in [4.78, 5) is 31.9. The fraction of sp³-hybridized carbons (Fsp3) is 0.128. The lowest BCUT2D eigenvalue weighted by Gasteiger charge is -2.18. The molecule has 5 aromatic heterocycles. The number of rotatable bonds is 11. The minimum absolute atomic E-state index is 0.0258. The van der Waals surface area contributed by atoms with Gasteiger partial charge in [-0.3, -0.25) is 9.97 Å². The number of benzene rings is 4. The van der Waals surface area contributed by atoms with Crippen LogP contribution in [0.15, 0.2) is 156 Å². The highest BCUT2D eigenvalue weighted by Gasteiger charge is 2.26. The third-order valence-corrected chi connectivity index (χ3v) is 12.6. The number of pyridine rings is 2. The summed E-state index contributed by atoms with van der Waals surface area (Å²) >= 11 is 7.17. The van der Waals surface area contributed by atoms with Crippen LogP contribution in [0, 0.1) is 0 Å². The van der Waals surface area contributed by atoms with Crippen molar-refractivity contribution < 1.29 is 8.42 Å². The highest BCUT2D eigenvalue weighted by atomic mass is 35.5. The lowest BCUT2D eigenvalue weighted by molar-refractivity contribution is 0.491. The summed E-state index contributed by atoms with van der Waals surface area (Å²) in [5.41, 5.74) is 6.94. The molecule has 9 aromatic rings. The summed E-state index contributed by atoms with van der Waals surface area (Å²) in [6.07, 6.45) is 5.03. The molecule has 0 unspecified atom stereocenters. The summed E-state index contributed by atoms with van der Waals surface area (Å²) in [7, 11) is -3.77. The topological polar surface area (TPSA) is 160 Å². The van der Waals surface area contributed by atoms with Crippen LogP contribution in [-0.4, -0.2) is 48.8 Å². The molecule has 0 amide bonds. The van der Waals surface area contributed by atoms with Gasteiger partial charge in [0.25, 0.3) is 10.0 Å². The van der Waals surface area contributed by atoms with Gasteiger partial charge in [-0.15, -0.1) is 0 Å². The number of nitrogens with one attached hydrogen (secondary N) is 3. The van der Waals surface area contributed by atoms with E-state index >= 15 is 0 Å². The van der Waals surface area contributed by atoms with Gasteiger partial charge in [-0.05, 0) is 91.0 Å². The smallest absolute Gasteiger partial charge is 0.268 e. The van der Waals surface area contributed by atoms with E-state index in [9.17, 15) is 8.42 Å². The molecular formula is C47H41ClN10O2S2. The Kier molecular flexibility index (Phi) is 12.5. The van der Waals surface area contributed by atoms with Crippen molar-refractivity contribution in [1.29, 1.82) is 0 Å². The molecule has 9 rings (SSSR count). The lowest BCUT2D eigenvalue weighted by atomic mass is 10.0. The van der Waals surface area contributed by atoms with E-state index in [1.165, 1.54) is 6.20 Å². The molecular weight excluding hydrogens is 836 g/mol. The monoisotopic (exact) mass is 876 g/mol. The summed E-state index contributed by atoms with van der Waals surface area (Å²) in [6.45, 7) is 6.39. The molecule has 0 aliphatic rings. The molecule has 5 heterocycles.